The quantitative estimate of drug-likeness (QED) is 0.550. The normalized spacial score (nSPS) is 10.8. The Labute approximate surface area is 116 Å². The molecule has 8 nitrogen and oxygen atoms in total. The summed E-state index contributed by atoms with van der Waals surface area (Å²) in [6.45, 7) is 5.78. The molecule has 2 rings (SSSR count). The van der Waals surface area contributed by atoms with Gasteiger partial charge in [-0.3, -0.25) is 4.79 Å². The van der Waals surface area contributed by atoms with Gasteiger partial charge >= 0.3 is 0 Å². The second-order valence-corrected chi connectivity index (χ2v) is 4.72. The van der Waals surface area contributed by atoms with Gasteiger partial charge in [-0.2, -0.15) is 5.10 Å². The van der Waals surface area contributed by atoms with Crippen LogP contribution in [0, 0.1) is 6.92 Å². The Bertz CT molecular complexity index is 647. The van der Waals surface area contributed by atoms with Crippen LogP contribution in [0.3, 0.4) is 0 Å². The van der Waals surface area contributed by atoms with Crippen molar-refractivity contribution in [3.8, 4) is 5.82 Å². The molecule has 2 heterocycles. The average molecular weight is 275 g/mol. The van der Waals surface area contributed by atoms with Gasteiger partial charge in [0.2, 0.25) is 0 Å². The van der Waals surface area contributed by atoms with Gasteiger partial charge in [0.15, 0.2) is 5.82 Å². The van der Waals surface area contributed by atoms with E-state index in [2.05, 4.69) is 20.5 Å². The van der Waals surface area contributed by atoms with E-state index in [0.29, 0.717) is 23.0 Å². The van der Waals surface area contributed by atoms with Crippen LogP contribution in [-0.2, 0) is 0 Å². The molecule has 0 unspecified atom stereocenters. The number of nitrogens with one attached hydrogen (secondary N) is 1. The molecule has 0 aliphatic rings. The first-order valence-corrected chi connectivity index (χ1v) is 6.14. The lowest BCUT2D eigenvalue weighted by Crippen LogP contribution is -2.16. The minimum absolute atomic E-state index is 0.132. The van der Waals surface area contributed by atoms with Crippen LogP contribution in [0.1, 0.15) is 41.5 Å². The van der Waals surface area contributed by atoms with Crippen molar-refractivity contribution in [3.05, 3.63) is 29.3 Å². The van der Waals surface area contributed by atoms with E-state index in [4.69, 9.17) is 11.6 Å². The fourth-order valence-corrected chi connectivity index (χ4v) is 1.71. The van der Waals surface area contributed by atoms with Crippen LogP contribution in [-0.4, -0.2) is 25.7 Å². The molecule has 0 fully saturated rings. The molecule has 2 aromatic rings. The van der Waals surface area contributed by atoms with Crippen molar-refractivity contribution in [3.63, 3.8) is 0 Å². The molecule has 0 aliphatic carbocycles. The third-order valence-electron chi connectivity index (χ3n) is 2.87. The Kier molecular flexibility index (Phi) is 3.66. The van der Waals surface area contributed by atoms with E-state index in [1.807, 2.05) is 20.8 Å². The highest BCUT2D eigenvalue weighted by atomic mass is 16.1. The van der Waals surface area contributed by atoms with Gasteiger partial charge in [-0.05, 0) is 6.92 Å². The molecule has 5 N–H and O–H groups in total. The summed E-state index contributed by atoms with van der Waals surface area (Å²) in [5.74, 6) is 6.79. The van der Waals surface area contributed by atoms with Crippen molar-refractivity contribution in [2.75, 3.05) is 5.43 Å². The molecule has 20 heavy (non-hydrogen) atoms. The molecule has 106 valence electrons. The summed E-state index contributed by atoms with van der Waals surface area (Å²) >= 11 is 0. The standard InChI is InChI=1S/C12H17N7O/c1-6(2)10-16-11(18-14)7(3)12(17-10)19-5-8(4-15-19)9(13)20/h4-6H,14H2,1-3H3,(H2,13,20)(H,16,17,18). The van der Waals surface area contributed by atoms with Gasteiger partial charge in [0.1, 0.15) is 11.6 Å². The summed E-state index contributed by atoms with van der Waals surface area (Å²) in [4.78, 5) is 19.9. The van der Waals surface area contributed by atoms with E-state index < -0.39 is 5.91 Å². The number of carbonyl (C=O) groups is 1. The zero-order valence-electron chi connectivity index (χ0n) is 11.6. The van der Waals surface area contributed by atoms with E-state index in [0.717, 1.165) is 5.56 Å². The third kappa shape index (κ3) is 2.45. The lowest BCUT2D eigenvalue weighted by molar-refractivity contribution is 0.100. The molecule has 0 spiro atoms. The molecule has 0 atom stereocenters. The minimum atomic E-state index is -0.538. The van der Waals surface area contributed by atoms with E-state index in [1.165, 1.54) is 17.1 Å². The Balaban J connectivity index is 2.59. The number of carbonyl (C=O) groups excluding carboxylic acids is 1. The predicted molar refractivity (Wildman–Crippen MR) is 74.3 cm³/mol. The van der Waals surface area contributed by atoms with Gasteiger partial charge in [-0.25, -0.2) is 20.5 Å². The zero-order valence-corrected chi connectivity index (χ0v) is 11.6. The Morgan fingerprint density at radius 1 is 1.40 bits per heavy atom. The fourth-order valence-electron chi connectivity index (χ4n) is 1.71. The second kappa shape index (κ2) is 5.25. The smallest absolute Gasteiger partial charge is 0.251 e. The van der Waals surface area contributed by atoms with Crippen molar-refractivity contribution in [2.45, 2.75) is 26.7 Å². The monoisotopic (exact) mass is 275 g/mol. The highest BCUT2D eigenvalue weighted by Gasteiger charge is 2.15. The third-order valence-corrected chi connectivity index (χ3v) is 2.87. The number of nitrogens with two attached hydrogens (primary N) is 2. The van der Waals surface area contributed by atoms with Crippen molar-refractivity contribution in [1.29, 1.82) is 0 Å². The topological polar surface area (TPSA) is 125 Å². The van der Waals surface area contributed by atoms with Gasteiger partial charge < -0.3 is 11.2 Å². The number of amides is 1. The largest absolute Gasteiger partial charge is 0.366 e. The number of rotatable bonds is 4. The molecule has 0 radical (unpaired) electrons. The lowest BCUT2D eigenvalue weighted by atomic mass is 10.2. The van der Waals surface area contributed by atoms with Crippen LogP contribution < -0.4 is 17.0 Å². The maximum atomic E-state index is 11.1. The minimum Gasteiger partial charge on any atom is -0.366 e. The molecule has 0 bridgehead atoms. The number of primary amides is 1. The maximum Gasteiger partial charge on any atom is 0.251 e. The van der Waals surface area contributed by atoms with Crippen LogP contribution in [0.2, 0.25) is 0 Å². The van der Waals surface area contributed by atoms with Crippen LogP contribution in [0.5, 0.6) is 0 Å². The van der Waals surface area contributed by atoms with Crippen LogP contribution >= 0.6 is 0 Å². The number of aromatic nitrogens is 4. The molecule has 0 saturated heterocycles. The second-order valence-electron chi connectivity index (χ2n) is 4.72. The molecule has 1 amide bonds. The highest BCUT2D eigenvalue weighted by molar-refractivity contribution is 5.92. The van der Waals surface area contributed by atoms with Gasteiger partial charge in [0.05, 0.1) is 11.8 Å². The number of hydrogen-bond donors (Lipinski definition) is 3. The van der Waals surface area contributed by atoms with Crippen molar-refractivity contribution in [2.24, 2.45) is 11.6 Å². The van der Waals surface area contributed by atoms with Crippen LogP contribution in [0.15, 0.2) is 12.4 Å². The van der Waals surface area contributed by atoms with Crippen molar-refractivity contribution >= 4 is 11.7 Å². The van der Waals surface area contributed by atoms with Gasteiger partial charge in [0, 0.05) is 17.7 Å². The number of anilines is 1. The summed E-state index contributed by atoms with van der Waals surface area (Å²) in [7, 11) is 0. The Hall–Kier alpha value is -2.48. The number of hydrogen-bond acceptors (Lipinski definition) is 6. The first-order chi connectivity index (χ1) is 9.43. The molecule has 2 aromatic heterocycles. The van der Waals surface area contributed by atoms with Crippen molar-refractivity contribution in [1.82, 2.24) is 19.7 Å². The zero-order chi connectivity index (χ0) is 14.9. The van der Waals surface area contributed by atoms with E-state index >= 15 is 0 Å². The number of nitrogen functional groups attached to an aromatic ring is 1. The summed E-state index contributed by atoms with van der Waals surface area (Å²) < 4.78 is 1.49. The molecule has 0 saturated carbocycles. The van der Waals surface area contributed by atoms with Crippen molar-refractivity contribution < 1.29 is 4.79 Å². The summed E-state index contributed by atoms with van der Waals surface area (Å²) in [5.41, 5.74) is 8.81. The first-order valence-electron chi connectivity index (χ1n) is 6.14. The average Bonchev–Trinajstić information content (AvgIpc) is 2.88. The summed E-state index contributed by atoms with van der Waals surface area (Å²) in [5, 5.41) is 4.10. The van der Waals surface area contributed by atoms with Gasteiger partial charge in [0.25, 0.3) is 5.91 Å². The maximum absolute atomic E-state index is 11.1. The Morgan fingerprint density at radius 2 is 2.10 bits per heavy atom. The van der Waals surface area contributed by atoms with E-state index in [1.54, 1.807) is 0 Å². The summed E-state index contributed by atoms with van der Waals surface area (Å²) in [6.07, 6.45) is 2.93. The molecule has 8 heteroatoms. The number of hydrazine groups is 1. The summed E-state index contributed by atoms with van der Waals surface area (Å²) in [6, 6.07) is 0. The molecule has 0 aromatic carbocycles. The van der Waals surface area contributed by atoms with Gasteiger partial charge in [-0.1, -0.05) is 13.8 Å². The fraction of sp³-hybridized carbons (Fsp3) is 0.333. The van der Waals surface area contributed by atoms with Crippen LogP contribution in [0.25, 0.3) is 5.82 Å². The van der Waals surface area contributed by atoms with Gasteiger partial charge in [-0.15, -0.1) is 0 Å². The molecular weight excluding hydrogens is 258 g/mol. The molecule has 0 aliphatic heterocycles. The lowest BCUT2D eigenvalue weighted by Gasteiger charge is -2.13. The van der Waals surface area contributed by atoms with Crippen LogP contribution in [0.4, 0.5) is 5.82 Å². The Morgan fingerprint density at radius 3 is 2.60 bits per heavy atom. The number of nitrogens with zero attached hydrogens (tertiary/aromatic N) is 4. The first kappa shape index (κ1) is 13.9. The highest BCUT2D eigenvalue weighted by Crippen LogP contribution is 2.21. The predicted octanol–water partition coefficient (Wildman–Crippen LogP) is 0.479. The SMILES string of the molecule is Cc1c(NN)nc(C(C)C)nc1-n1cc(C(N)=O)cn1. The van der Waals surface area contributed by atoms with E-state index in [9.17, 15) is 4.79 Å². The van der Waals surface area contributed by atoms with E-state index in [-0.39, 0.29) is 5.92 Å². The molecular formula is C12H17N7O.